The summed E-state index contributed by atoms with van der Waals surface area (Å²) in [5.41, 5.74) is 5.30. The fourth-order valence-electron chi connectivity index (χ4n) is 3.92. The van der Waals surface area contributed by atoms with Gasteiger partial charge in [0.2, 0.25) is 0 Å². The lowest BCUT2D eigenvalue weighted by molar-refractivity contribution is 0.0686. The SMILES string of the molecule is CCCc1cc(-c2ccccc2C(=O)O)c(-c2ccccc2C(=O)O)c(C(C)C)c1. The monoisotopic (exact) mass is 402 g/mol. The minimum Gasteiger partial charge on any atom is -0.478 e. The van der Waals surface area contributed by atoms with Crippen LogP contribution >= 0.6 is 0 Å². The Balaban J connectivity index is 2.48. The number of hydrogen-bond donors (Lipinski definition) is 2. The maximum atomic E-state index is 12.0. The molecule has 0 fully saturated rings. The van der Waals surface area contributed by atoms with E-state index in [9.17, 15) is 19.8 Å². The predicted molar refractivity (Wildman–Crippen MR) is 119 cm³/mol. The summed E-state index contributed by atoms with van der Waals surface area (Å²) in [6.07, 6.45) is 1.82. The molecule has 0 saturated carbocycles. The summed E-state index contributed by atoms with van der Waals surface area (Å²) in [5.74, 6) is -1.88. The van der Waals surface area contributed by atoms with Crippen molar-refractivity contribution in [1.29, 1.82) is 0 Å². The van der Waals surface area contributed by atoms with Crippen LogP contribution in [0.3, 0.4) is 0 Å². The number of rotatable bonds is 7. The van der Waals surface area contributed by atoms with Gasteiger partial charge in [0.25, 0.3) is 0 Å². The van der Waals surface area contributed by atoms with Gasteiger partial charge in [-0.05, 0) is 57.9 Å². The molecule has 0 atom stereocenters. The average Bonchev–Trinajstić information content (AvgIpc) is 2.73. The molecule has 0 spiro atoms. The average molecular weight is 402 g/mol. The topological polar surface area (TPSA) is 74.6 Å². The number of aryl methyl sites for hydroxylation is 1. The second kappa shape index (κ2) is 8.95. The first-order valence-electron chi connectivity index (χ1n) is 10.2. The summed E-state index contributed by atoms with van der Waals surface area (Å²) >= 11 is 0. The summed E-state index contributed by atoms with van der Waals surface area (Å²) in [7, 11) is 0. The van der Waals surface area contributed by atoms with Gasteiger partial charge in [0.05, 0.1) is 11.1 Å². The lowest BCUT2D eigenvalue weighted by Gasteiger charge is -2.22. The number of benzene rings is 3. The lowest BCUT2D eigenvalue weighted by Crippen LogP contribution is -2.06. The van der Waals surface area contributed by atoms with E-state index in [1.165, 1.54) is 0 Å². The molecular weight excluding hydrogens is 376 g/mol. The van der Waals surface area contributed by atoms with Crippen molar-refractivity contribution in [2.24, 2.45) is 0 Å². The van der Waals surface area contributed by atoms with Crippen molar-refractivity contribution in [2.45, 2.75) is 39.5 Å². The van der Waals surface area contributed by atoms with Gasteiger partial charge in [-0.2, -0.15) is 0 Å². The molecule has 0 heterocycles. The van der Waals surface area contributed by atoms with Crippen molar-refractivity contribution in [3.05, 3.63) is 82.9 Å². The predicted octanol–water partition coefficient (Wildman–Crippen LogP) is 6.49. The normalized spacial score (nSPS) is 10.9. The molecular formula is C26H26O4. The molecule has 0 aliphatic rings. The van der Waals surface area contributed by atoms with Crippen LogP contribution in [0.2, 0.25) is 0 Å². The fraction of sp³-hybridized carbons (Fsp3) is 0.231. The quantitative estimate of drug-likeness (QED) is 0.473. The molecule has 4 nitrogen and oxygen atoms in total. The van der Waals surface area contributed by atoms with Gasteiger partial charge in [0.1, 0.15) is 0 Å². The summed E-state index contributed by atoms with van der Waals surface area (Å²) in [5, 5.41) is 19.6. The van der Waals surface area contributed by atoms with Crippen LogP contribution in [0.1, 0.15) is 65.0 Å². The molecule has 0 aliphatic heterocycles. The largest absolute Gasteiger partial charge is 0.478 e. The molecule has 0 aromatic heterocycles. The molecule has 0 radical (unpaired) electrons. The third-order valence-electron chi connectivity index (χ3n) is 5.26. The molecule has 30 heavy (non-hydrogen) atoms. The Labute approximate surface area is 176 Å². The van der Waals surface area contributed by atoms with Gasteiger partial charge in [-0.25, -0.2) is 9.59 Å². The van der Waals surface area contributed by atoms with E-state index in [0.29, 0.717) is 11.1 Å². The van der Waals surface area contributed by atoms with E-state index >= 15 is 0 Å². The van der Waals surface area contributed by atoms with Crippen molar-refractivity contribution in [2.75, 3.05) is 0 Å². The molecule has 4 heteroatoms. The Morgan fingerprint density at radius 3 is 1.87 bits per heavy atom. The molecule has 154 valence electrons. The van der Waals surface area contributed by atoms with Crippen LogP contribution in [-0.4, -0.2) is 22.2 Å². The van der Waals surface area contributed by atoms with Crippen molar-refractivity contribution < 1.29 is 19.8 Å². The Hall–Kier alpha value is -3.40. The van der Waals surface area contributed by atoms with Crippen LogP contribution in [0.4, 0.5) is 0 Å². The summed E-state index contributed by atoms with van der Waals surface area (Å²) in [4.78, 5) is 23.9. The summed E-state index contributed by atoms with van der Waals surface area (Å²) in [6, 6.07) is 18.0. The van der Waals surface area contributed by atoms with Gasteiger partial charge < -0.3 is 10.2 Å². The molecule has 0 unspecified atom stereocenters. The molecule has 3 rings (SSSR count). The first-order valence-corrected chi connectivity index (χ1v) is 10.2. The fourth-order valence-corrected chi connectivity index (χ4v) is 3.92. The maximum absolute atomic E-state index is 12.0. The van der Waals surface area contributed by atoms with Crippen LogP contribution < -0.4 is 0 Å². The van der Waals surface area contributed by atoms with Crippen LogP contribution in [-0.2, 0) is 6.42 Å². The van der Waals surface area contributed by atoms with E-state index in [4.69, 9.17) is 0 Å². The molecule has 3 aromatic carbocycles. The van der Waals surface area contributed by atoms with E-state index < -0.39 is 11.9 Å². The van der Waals surface area contributed by atoms with Crippen molar-refractivity contribution in [1.82, 2.24) is 0 Å². The Morgan fingerprint density at radius 2 is 1.33 bits per heavy atom. The zero-order valence-electron chi connectivity index (χ0n) is 17.5. The molecule has 3 aromatic rings. The molecule has 2 N–H and O–H groups in total. The number of carboxylic acids is 2. The molecule has 0 aliphatic carbocycles. The van der Waals surface area contributed by atoms with Crippen molar-refractivity contribution in [3.8, 4) is 22.3 Å². The van der Waals surface area contributed by atoms with Gasteiger partial charge in [-0.15, -0.1) is 0 Å². The van der Waals surface area contributed by atoms with Gasteiger partial charge in [0.15, 0.2) is 0 Å². The Morgan fingerprint density at radius 1 is 0.800 bits per heavy atom. The van der Waals surface area contributed by atoms with Crippen LogP contribution in [0, 0.1) is 0 Å². The standard InChI is InChI=1S/C26H26O4/c1-4-9-17-14-22(16(2)3)24(19-11-6-8-13-21(19)26(29)30)23(15-17)18-10-5-7-12-20(18)25(27)28/h5-8,10-16H,4,9H2,1-3H3,(H,27,28)(H,29,30). The Bertz CT molecular complexity index is 1100. The van der Waals surface area contributed by atoms with E-state index in [1.54, 1.807) is 36.4 Å². The van der Waals surface area contributed by atoms with Gasteiger partial charge in [-0.3, -0.25) is 0 Å². The first-order chi connectivity index (χ1) is 14.3. The lowest BCUT2D eigenvalue weighted by atomic mass is 9.81. The highest BCUT2D eigenvalue weighted by Crippen LogP contribution is 2.42. The Kier molecular flexibility index (Phi) is 6.36. The minimum atomic E-state index is -1.00. The first kappa shape index (κ1) is 21.3. The van der Waals surface area contributed by atoms with Crippen molar-refractivity contribution in [3.63, 3.8) is 0 Å². The number of carbonyl (C=O) groups is 2. The van der Waals surface area contributed by atoms with Crippen LogP contribution in [0.25, 0.3) is 22.3 Å². The minimum absolute atomic E-state index is 0.134. The van der Waals surface area contributed by atoms with Crippen molar-refractivity contribution >= 4 is 11.9 Å². The molecule has 0 bridgehead atoms. The smallest absolute Gasteiger partial charge is 0.336 e. The molecule has 0 saturated heterocycles. The third-order valence-corrected chi connectivity index (χ3v) is 5.26. The highest BCUT2D eigenvalue weighted by atomic mass is 16.4. The van der Waals surface area contributed by atoms with E-state index in [1.807, 2.05) is 18.2 Å². The number of hydrogen-bond acceptors (Lipinski definition) is 2. The van der Waals surface area contributed by atoms with E-state index in [-0.39, 0.29) is 17.0 Å². The zero-order valence-corrected chi connectivity index (χ0v) is 17.5. The van der Waals surface area contributed by atoms with Crippen LogP contribution in [0.15, 0.2) is 60.7 Å². The molecule has 0 amide bonds. The number of aromatic carboxylic acids is 2. The van der Waals surface area contributed by atoms with E-state index in [0.717, 1.165) is 35.1 Å². The maximum Gasteiger partial charge on any atom is 0.336 e. The van der Waals surface area contributed by atoms with Gasteiger partial charge >= 0.3 is 11.9 Å². The number of carboxylic acid groups (broad SMARTS) is 2. The summed E-state index contributed by atoms with van der Waals surface area (Å²) < 4.78 is 0. The summed E-state index contributed by atoms with van der Waals surface area (Å²) in [6.45, 7) is 6.25. The third kappa shape index (κ3) is 4.13. The second-order valence-corrected chi connectivity index (χ2v) is 7.71. The van der Waals surface area contributed by atoms with Crippen LogP contribution in [0.5, 0.6) is 0 Å². The second-order valence-electron chi connectivity index (χ2n) is 7.71. The van der Waals surface area contributed by atoms with Gasteiger partial charge in [-0.1, -0.05) is 75.7 Å². The van der Waals surface area contributed by atoms with Gasteiger partial charge in [0, 0.05) is 0 Å². The highest BCUT2D eigenvalue weighted by Gasteiger charge is 2.23. The highest BCUT2D eigenvalue weighted by molar-refractivity contribution is 6.03. The zero-order chi connectivity index (χ0) is 21.8. The van der Waals surface area contributed by atoms with E-state index in [2.05, 4.69) is 26.8 Å².